The van der Waals surface area contributed by atoms with Crippen molar-refractivity contribution in [3.8, 4) is 0 Å². The molecule has 25 nitrogen and oxygen atoms in total. The van der Waals surface area contributed by atoms with Crippen LogP contribution in [0.15, 0.2) is 0 Å². The molecule has 0 radical (unpaired) electrons. The van der Waals surface area contributed by atoms with Gasteiger partial charge in [0.15, 0.2) is 0 Å². The summed E-state index contributed by atoms with van der Waals surface area (Å²) in [7, 11) is 6.86. The molecule has 0 aromatic carbocycles. The summed E-state index contributed by atoms with van der Waals surface area (Å²) in [4.78, 5) is 194. The van der Waals surface area contributed by atoms with E-state index in [1.165, 1.54) is 74.4 Å². The number of hydrogen-bond acceptors (Lipinski definition) is 13. The van der Waals surface area contributed by atoms with E-state index in [0.717, 1.165) is 4.90 Å². The van der Waals surface area contributed by atoms with E-state index in [-0.39, 0.29) is 141 Å². The molecular formula is C76H116F8N12O13. The second-order valence-electron chi connectivity index (χ2n) is 33.5. The number of fused-ring (bicyclic) bond motifs is 4. The SMILES string of the molecule is CC[C@H](C)[C@@H]1NC(=O)[C@H](CC(C)C)N(C)C(=O)C[C@@H](C(=O)N2CCOCC2)N(C)C(=O)[C@H](C2CCCC2)N(C)C(=O)C2(CCC2)NC(=O)[C@@H]2CCCN2C(=O)[C@H](CCC2CC(F)C(C(F)(F)F)C(F)C2)NC(=O)CN(C)C(=O)[C@H](CC2CCC(C(F)(F)F)CC2)N2C[C@H](C)CC[C@@H](C2=O)N(C)C(=O)[C@@H]2CCN2C1=O. The molecular weight excluding hydrogens is 1440 g/mol. The number of alkyl halides is 8. The van der Waals surface area contributed by atoms with Crippen molar-refractivity contribution in [3.05, 3.63) is 0 Å². The molecule has 614 valence electrons. The van der Waals surface area contributed by atoms with Gasteiger partial charge >= 0.3 is 12.4 Å². The summed E-state index contributed by atoms with van der Waals surface area (Å²) in [5.74, 6) is -16.5. The van der Waals surface area contributed by atoms with E-state index in [1.54, 1.807) is 6.92 Å². The lowest BCUT2D eigenvalue weighted by Gasteiger charge is -2.47. The van der Waals surface area contributed by atoms with Crippen LogP contribution in [0, 0.1) is 47.3 Å². The van der Waals surface area contributed by atoms with Gasteiger partial charge in [0.25, 0.3) is 0 Å². The zero-order chi connectivity index (χ0) is 80.0. The number of carbonyl (C=O) groups excluding carboxylic acids is 12. The highest BCUT2D eigenvalue weighted by molar-refractivity contribution is 6.01. The van der Waals surface area contributed by atoms with Crippen molar-refractivity contribution >= 4 is 70.9 Å². The van der Waals surface area contributed by atoms with E-state index in [4.69, 9.17) is 4.74 Å². The second kappa shape index (κ2) is 36.2. The quantitative estimate of drug-likeness (QED) is 0.191. The molecule has 0 aromatic heterocycles. The van der Waals surface area contributed by atoms with Crippen LogP contribution in [0.1, 0.15) is 189 Å². The van der Waals surface area contributed by atoms with Gasteiger partial charge in [-0.2, -0.15) is 26.3 Å². The number of ether oxygens (including phenoxy) is 1. The third kappa shape index (κ3) is 19.7. The minimum atomic E-state index is -5.20. The molecule has 2 bridgehead atoms. The molecule has 4 saturated carbocycles. The van der Waals surface area contributed by atoms with E-state index in [0.29, 0.717) is 44.9 Å². The molecule has 13 atom stereocenters. The summed E-state index contributed by atoms with van der Waals surface area (Å²) < 4.78 is 121. The molecule has 12 amide bonds. The summed E-state index contributed by atoms with van der Waals surface area (Å²) in [6.45, 7) is 8.67. The van der Waals surface area contributed by atoms with Gasteiger partial charge in [-0.3, -0.25) is 57.5 Å². The fourth-order valence-corrected chi connectivity index (χ4v) is 18.4. The summed E-state index contributed by atoms with van der Waals surface area (Å²) in [6, 6.07) is -12.1. The van der Waals surface area contributed by atoms with Gasteiger partial charge in [0.05, 0.1) is 32.1 Å². The highest BCUT2D eigenvalue weighted by atomic mass is 19.4. The molecule has 1 spiro atoms. The fraction of sp³-hybridized carbons (Fsp3) is 0.842. The molecule has 5 heterocycles. The van der Waals surface area contributed by atoms with Crippen LogP contribution in [-0.4, -0.2) is 287 Å². The van der Waals surface area contributed by atoms with Crippen molar-refractivity contribution < 1.29 is 97.4 Å². The number of likely N-dealkylation sites (N-methyl/N-ethyl adjacent to an activating group) is 5. The number of rotatable bonds is 11. The molecule has 9 rings (SSSR count). The first-order chi connectivity index (χ1) is 51.3. The lowest BCUT2D eigenvalue weighted by molar-refractivity contribution is -0.219. The molecule has 9 fully saturated rings. The monoisotopic (exact) mass is 1560 g/mol. The fourth-order valence-electron chi connectivity index (χ4n) is 18.4. The van der Waals surface area contributed by atoms with Crippen LogP contribution in [0.4, 0.5) is 35.1 Å². The number of nitrogens with zero attached hydrogens (tertiary/aromatic N) is 9. The van der Waals surface area contributed by atoms with Gasteiger partial charge in [-0.1, -0.05) is 53.9 Å². The molecule has 2 unspecified atom stereocenters. The summed E-state index contributed by atoms with van der Waals surface area (Å²) in [6.07, 6.45) is -14.3. The zero-order valence-electron chi connectivity index (χ0n) is 65.0. The molecule has 4 aliphatic carbocycles. The minimum Gasteiger partial charge on any atom is -0.378 e. The molecule has 5 saturated heterocycles. The third-order valence-electron chi connectivity index (χ3n) is 25.5. The molecule has 33 heteroatoms. The summed E-state index contributed by atoms with van der Waals surface area (Å²) >= 11 is 0. The number of amides is 12. The number of hydrogen-bond donors (Lipinski definition) is 3. The Bertz CT molecular complexity index is 3280. The first-order valence-electron chi connectivity index (χ1n) is 39.7. The van der Waals surface area contributed by atoms with Crippen molar-refractivity contribution in [1.82, 2.24) is 60.0 Å². The smallest absolute Gasteiger partial charge is 0.378 e. The van der Waals surface area contributed by atoms with E-state index in [1.807, 2.05) is 27.7 Å². The average molecular weight is 1560 g/mol. The highest BCUT2D eigenvalue weighted by Gasteiger charge is 2.57. The lowest BCUT2D eigenvalue weighted by Crippen LogP contribution is -2.68. The van der Waals surface area contributed by atoms with Gasteiger partial charge in [0.2, 0.25) is 70.9 Å². The molecule has 0 aromatic rings. The van der Waals surface area contributed by atoms with E-state index >= 15 is 61.5 Å². The van der Waals surface area contributed by atoms with E-state index in [2.05, 4.69) is 16.0 Å². The van der Waals surface area contributed by atoms with Crippen molar-refractivity contribution in [2.45, 2.75) is 273 Å². The second-order valence-corrected chi connectivity index (χ2v) is 33.5. The van der Waals surface area contributed by atoms with Crippen molar-refractivity contribution in [2.24, 2.45) is 47.3 Å². The van der Waals surface area contributed by atoms with Crippen LogP contribution in [-0.2, 0) is 62.3 Å². The topological polar surface area (TPSA) is 279 Å². The van der Waals surface area contributed by atoms with Crippen LogP contribution in [0.3, 0.4) is 0 Å². The van der Waals surface area contributed by atoms with Crippen LogP contribution < -0.4 is 16.0 Å². The maximum Gasteiger partial charge on any atom is 0.397 e. The highest BCUT2D eigenvalue weighted by Crippen LogP contribution is 2.46. The van der Waals surface area contributed by atoms with Gasteiger partial charge in [-0.25, -0.2) is 8.78 Å². The van der Waals surface area contributed by atoms with Crippen LogP contribution in [0.2, 0.25) is 0 Å². The number of halogens is 8. The van der Waals surface area contributed by atoms with Gasteiger partial charge < -0.3 is 64.8 Å². The molecule has 109 heavy (non-hydrogen) atoms. The molecule has 9 aliphatic rings. The van der Waals surface area contributed by atoms with Crippen LogP contribution in [0.25, 0.3) is 0 Å². The van der Waals surface area contributed by atoms with Gasteiger partial charge in [-0.05, 0) is 164 Å². The van der Waals surface area contributed by atoms with E-state index < -0.39 is 223 Å². The maximum atomic E-state index is 15.7. The zero-order valence-corrected chi connectivity index (χ0v) is 65.0. The summed E-state index contributed by atoms with van der Waals surface area (Å²) in [5, 5.41) is 8.52. The van der Waals surface area contributed by atoms with Gasteiger partial charge in [-0.15, -0.1) is 0 Å². The average Bonchev–Trinajstić information content (AvgIpc) is 1.72. The van der Waals surface area contributed by atoms with Crippen LogP contribution in [0.5, 0.6) is 0 Å². The third-order valence-corrected chi connectivity index (χ3v) is 25.5. The Balaban J connectivity index is 1.10. The van der Waals surface area contributed by atoms with Gasteiger partial charge in [0.1, 0.15) is 78.2 Å². The Kier molecular flexibility index (Phi) is 28.6. The Morgan fingerprint density at radius 2 is 1.22 bits per heavy atom. The Morgan fingerprint density at radius 3 is 1.79 bits per heavy atom. The Hall–Kier alpha value is -6.96. The standard InChI is InChI=1S/C76H116F8N12O13/c1-11-45(5)62-71(106)95-31-27-55(95)68(103)90(8)54-26-19-44(4)41-96(70(54)105)58(39-46-20-23-49(24-21-46)75(79,80)81)67(102)88(6)42-59(97)85-52(25-22-47-37-50(77)61(51(78)38-47)76(82,83)84)66(101)94-30-14-18-53(94)65(100)87-74(28-15-29-74)73(108)92(10)63(48-16-12-13-17-48)72(107)91(9)57(69(104)93-32-34-109-35-33-93)40-60(98)89(7)56(36-43(2)3)64(99)86-62/h43-58,61-63H,11-42H2,1-10H3,(H,85,97)(H,86,99)(H,87,100)/t44-,45+,46?,47?,49?,50?,51?,52+,53+,54+,55+,56+,57+,58+,61?,62+,63+/m1/s1. The molecule has 3 N–H and O–H groups in total. The normalized spacial score (nSPS) is 33.5. The minimum absolute atomic E-state index is 0.0181. The number of nitrogens with one attached hydrogen (secondary N) is 3. The van der Waals surface area contributed by atoms with Gasteiger partial charge in [0, 0.05) is 68.0 Å². The predicted octanol–water partition coefficient (Wildman–Crippen LogP) is 6.33. The number of morpholine rings is 1. The largest absolute Gasteiger partial charge is 0.397 e. The Morgan fingerprint density at radius 1 is 0.587 bits per heavy atom. The van der Waals surface area contributed by atoms with Crippen molar-refractivity contribution in [2.75, 3.05) is 87.7 Å². The first-order valence-corrected chi connectivity index (χ1v) is 39.7. The predicted molar refractivity (Wildman–Crippen MR) is 382 cm³/mol. The maximum absolute atomic E-state index is 15.7. The molecule has 5 aliphatic heterocycles. The van der Waals surface area contributed by atoms with Crippen molar-refractivity contribution in [3.63, 3.8) is 0 Å². The Labute approximate surface area is 634 Å². The first kappa shape index (κ1) is 86.0. The van der Waals surface area contributed by atoms with Crippen LogP contribution >= 0.6 is 0 Å². The lowest BCUT2D eigenvalue weighted by atomic mass is 9.74. The van der Waals surface area contributed by atoms with Crippen molar-refractivity contribution in [1.29, 1.82) is 0 Å². The number of carbonyl (C=O) groups is 12. The van der Waals surface area contributed by atoms with E-state index in [9.17, 15) is 31.1 Å². The summed E-state index contributed by atoms with van der Waals surface area (Å²) in [5.41, 5.74) is -1.64.